The van der Waals surface area contributed by atoms with Crippen LogP contribution in [0.15, 0.2) is 17.0 Å². The zero-order chi connectivity index (χ0) is 14.8. The van der Waals surface area contributed by atoms with E-state index in [1.807, 2.05) is 20.8 Å². The maximum atomic E-state index is 12.3. The molecular weight excluding hydrogens is 264 g/mol. The summed E-state index contributed by atoms with van der Waals surface area (Å²) in [6, 6.07) is 3.36. The summed E-state index contributed by atoms with van der Waals surface area (Å²) in [5.41, 5.74) is 7.47. The van der Waals surface area contributed by atoms with E-state index >= 15 is 0 Å². The second kappa shape index (κ2) is 5.90. The molecule has 6 heteroatoms. The van der Waals surface area contributed by atoms with Gasteiger partial charge in [0.25, 0.3) is 0 Å². The number of aryl methyl sites for hydroxylation is 1. The third-order valence-electron chi connectivity index (χ3n) is 3.23. The molecule has 0 fully saturated rings. The number of hydrogen-bond acceptors (Lipinski definition) is 4. The second-order valence-electron chi connectivity index (χ2n) is 5.09. The summed E-state index contributed by atoms with van der Waals surface area (Å²) in [4.78, 5) is 0.100. The summed E-state index contributed by atoms with van der Waals surface area (Å²) in [5.74, 6) is -0.0151. The molecule has 1 aromatic rings. The van der Waals surface area contributed by atoms with Crippen molar-refractivity contribution in [3.63, 3.8) is 0 Å². The standard InChI is InChI=1S/C13H22N2O3S/c1-8(2)12(16)7-15-19(17,18)13-10(4)9(3)5-6-11(13)14/h5-6,8,12,15-16H,7,14H2,1-4H3. The fraction of sp³-hybridized carbons (Fsp3) is 0.538. The van der Waals surface area contributed by atoms with Crippen molar-refractivity contribution in [1.82, 2.24) is 4.72 Å². The van der Waals surface area contributed by atoms with Gasteiger partial charge in [-0.05, 0) is 37.0 Å². The number of rotatable bonds is 5. The molecule has 0 spiro atoms. The summed E-state index contributed by atoms with van der Waals surface area (Å²) in [6.07, 6.45) is -0.721. The molecule has 0 aromatic heterocycles. The van der Waals surface area contributed by atoms with Gasteiger partial charge in [0.05, 0.1) is 11.8 Å². The van der Waals surface area contributed by atoms with Crippen molar-refractivity contribution in [2.75, 3.05) is 12.3 Å². The molecule has 0 aliphatic rings. The summed E-state index contributed by atoms with van der Waals surface area (Å²) in [5, 5.41) is 9.67. The first kappa shape index (κ1) is 15.9. The lowest BCUT2D eigenvalue weighted by Gasteiger charge is -2.17. The molecule has 4 N–H and O–H groups in total. The SMILES string of the molecule is Cc1ccc(N)c(S(=O)(=O)NCC(O)C(C)C)c1C. The van der Waals surface area contributed by atoms with Gasteiger partial charge in [-0.2, -0.15) is 0 Å². The Bertz CT molecular complexity index is 553. The van der Waals surface area contributed by atoms with Gasteiger partial charge >= 0.3 is 0 Å². The normalized spacial score (nSPS) is 13.8. The van der Waals surface area contributed by atoms with E-state index in [4.69, 9.17) is 5.73 Å². The molecule has 0 aliphatic heterocycles. The van der Waals surface area contributed by atoms with Gasteiger partial charge in [-0.1, -0.05) is 19.9 Å². The first-order valence-electron chi connectivity index (χ1n) is 6.20. The Hall–Kier alpha value is -1.11. The van der Waals surface area contributed by atoms with Crippen molar-refractivity contribution in [3.8, 4) is 0 Å². The molecule has 1 aromatic carbocycles. The van der Waals surface area contributed by atoms with Gasteiger partial charge in [-0.15, -0.1) is 0 Å². The number of nitrogens with two attached hydrogens (primary N) is 1. The van der Waals surface area contributed by atoms with Crippen LogP contribution >= 0.6 is 0 Å². The minimum absolute atomic E-state index is 0.0151. The van der Waals surface area contributed by atoms with Gasteiger partial charge in [-0.3, -0.25) is 0 Å². The monoisotopic (exact) mass is 286 g/mol. The number of aliphatic hydroxyl groups excluding tert-OH is 1. The van der Waals surface area contributed by atoms with Gasteiger partial charge in [-0.25, -0.2) is 13.1 Å². The van der Waals surface area contributed by atoms with Crippen molar-refractivity contribution >= 4 is 15.7 Å². The highest BCUT2D eigenvalue weighted by Gasteiger charge is 2.22. The van der Waals surface area contributed by atoms with Gasteiger partial charge in [0.15, 0.2) is 0 Å². The van der Waals surface area contributed by atoms with Crippen LogP contribution < -0.4 is 10.5 Å². The first-order valence-corrected chi connectivity index (χ1v) is 7.68. The molecular formula is C13H22N2O3S. The van der Waals surface area contributed by atoms with E-state index < -0.39 is 16.1 Å². The molecule has 5 nitrogen and oxygen atoms in total. The van der Waals surface area contributed by atoms with Crippen LogP contribution in [0.3, 0.4) is 0 Å². The third kappa shape index (κ3) is 3.68. The van der Waals surface area contributed by atoms with E-state index in [9.17, 15) is 13.5 Å². The Morgan fingerprint density at radius 2 is 1.89 bits per heavy atom. The Morgan fingerprint density at radius 1 is 1.32 bits per heavy atom. The molecule has 0 radical (unpaired) electrons. The maximum Gasteiger partial charge on any atom is 0.242 e. The average Bonchev–Trinajstić information content (AvgIpc) is 2.31. The number of hydrogen-bond donors (Lipinski definition) is 3. The topological polar surface area (TPSA) is 92.4 Å². The lowest BCUT2D eigenvalue weighted by molar-refractivity contribution is 0.129. The Labute approximate surface area is 114 Å². The van der Waals surface area contributed by atoms with E-state index in [1.54, 1.807) is 19.1 Å². The van der Waals surface area contributed by atoms with Crippen LogP contribution in [0.25, 0.3) is 0 Å². The van der Waals surface area contributed by atoms with E-state index in [0.717, 1.165) is 5.56 Å². The number of anilines is 1. The van der Waals surface area contributed by atoms with E-state index in [0.29, 0.717) is 5.56 Å². The maximum absolute atomic E-state index is 12.3. The fourth-order valence-electron chi connectivity index (χ4n) is 1.67. The third-order valence-corrected chi connectivity index (χ3v) is 4.85. The van der Waals surface area contributed by atoms with Crippen LogP contribution in [0.1, 0.15) is 25.0 Å². The molecule has 0 heterocycles. The Kier molecular flexibility index (Phi) is 4.95. The zero-order valence-corrected chi connectivity index (χ0v) is 12.6. The molecule has 0 amide bonds. The van der Waals surface area contributed by atoms with Crippen molar-refractivity contribution in [2.45, 2.75) is 38.7 Å². The molecule has 1 atom stereocenters. The van der Waals surface area contributed by atoms with Crippen LogP contribution in [0.4, 0.5) is 5.69 Å². The number of benzene rings is 1. The minimum Gasteiger partial charge on any atom is -0.398 e. The predicted octanol–water partition coefficient (Wildman–Crippen LogP) is 1.18. The number of nitrogen functional groups attached to an aromatic ring is 1. The summed E-state index contributed by atoms with van der Waals surface area (Å²) < 4.78 is 26.9. The molecule has 108 valence electrons. The molecule has 0 saturated heterocycles. The summed E-state index contributed by atoms with van der Waals surface area (Å²) >= 11 is 0. The van der Waals surface area contributed by atoms with E-state index in [2.05, 4.69) is 4.72 Å². The molecule has 1 unspecified atom stereocenters. The van der Waals surface area contributed by atoms with Gasteiger partial charge in [0, 0.05) is 6.54 Å². The highest BCUT2D eigenvalue weighted by Crippen LogP contribution is 2.25. The quantitative estimate of drug-likeness (QED) is 0.709. The van der Waals surface area contributed by atoms with Crippen molar-refractivity contribution in [1.29, 1.82) is 0 Å². The second-order valence-corrected chi connectivity index (χ2v) is 6.79. The fourth-order valence-corrected chi connectivity index (χ4v) is 3.15. The lowest BCUT2D eigenvalue weighted by atomic mass is 10.1. The van der Waals surface area contributed by atoms with Gasteiger partial charge < -0.3 is 10.8 Å². The van der Waals surface area contributed by atoms with Crippen molar-refractivity contribution in [2.24, 2.45) is 5.92 Å². The number of sulfonamides is 1. The lowest BCUT2D eigenvalue weighted by Crippen LogP contribution is -2.35. The van der Waals surface area contributed by atoms with Crippen LogP contribution in [-0.4, -0.2) is 26.2 Å². The van der Waals surface area contributed by atoms with Crippen molar-refractivity contribution < 1.29 is 13.5 Å². The Balaban J connectivity index is 3.05. The smallest absolute Gasteiger partial charge is 0.242 e. The average molecular weight is 286 g/mol. The highest BCUT2D eigenvalue weighted by atomic mass is 32.2. The largest absolute Gasteiger partial charge is 0.398 e. The zero-order valence-electron chi connectivity index (χ0n) is 11.8. The van der Waals surface area contributed by atoms with Crippen LogP contribution in [0.5, 0.6) is 0 Å². The molecule has 0 bridgehead atoms. The van der Waals surface area contributed by atoms with E-state index in [1.165, 1.54) is 0 Å². The van der Waals surface area contributed by atoms with E-state index in [-0.39, 0.29) is 23.0 Å². The predicted molar refractivity (Wildman–Crippen MR) is 76.4 cm³/mol. The highest BCUT2D eigenvalue weighted by molar-refractivity contribution is 7.89. The first-order chi connectivity index (χ1) is 8.66. The van der Waals surface area contributed by atoms with Gasteiger partial charge in [0.1, 0.15) is 4.90 Å². The van der Waals surface area contributed by atoms with Crippen LogP contribution in [0, 0.1) is 19.8 Å². The Morgan fingerprint density at radius 3 is 2.42 bits per heavy atom. The molecule has 19 heavy (non-hydrogen) atoms. The molecule has 0 aliphatic carbocycles. The summed E-state index contributed by atoms with van der Waals surface area (Å²) in [6.45, 7) is 7.18. The van der Waals surface area contributed by atoms with Crippen molar-refractivity contribution in [3.05, 3.63) is 23.3 Å². The molecule has 0 saturated carbocycles. The minimum atomic E-state index is -3.71. The number of nitrogens with one attached hydrogen (secondary N) is 1. The molecule has 1 rings (SSSR count). The van der Waals surface area contributed by atoms with Gasteiger partial charge in [0.2, 0.25) is 10.0 Å². The number of aliphatic hydroxyl groups is 1. The van der Waals surface area contributed by atoms with Crippen LogP contribution in [0.2, 0.25) is 0 Å². The summed E-state index contributed by atoms with van der Waals surface area (Å²) in [7, 11) is -3.71. The van der Waals surface area contributed by atoms with Crippen LogP contribution in [-0.2, 0) is 10.0 Å².